The van der Waals surface area contributed by atoms with Crippen LogP contribution in [0.4, 0.5) is 11.6 Å². The summed E-state index contributed by atoms with van der Waals surface area (Å²) in [5.41, 5.74) is 1.64. The smallest absolute Gasteiger partial charge is 0.338 e. The summed E-state index contributed by atoms with van der Waals surface area (Å²) < 4.78 is 11.5. The lowest BCUT2D eigenvalue weighted by molar-refractivity contribution is -0.123. The molecule has 2 aromatic carbocycles. The predicted octanol–water partition coefficient (Wildman–Crippen LogP) is 2.65. The first-order chi connectivity index (χ1) is 15.5. The molecule has 1 aromatic heterocycles. The number of nitrogens with one attached hydrogen (secondary N) is 2. The summed E-state index contributed by atoms with van der Waals surface area (Å²) >= 11 is 0. The Balaban J connectivity index is 1.43. The maximum atomic E-state index is 12.5. The summed E-state index contributed by atoms with van der Waals surface area (Å²) in [4.78, 5) is 40.9. The standard InChI is InChI=1S/C22H21N5O5/c1-3-32-21(30)14-4-8-15(9-5-14)23-18(28)12-17-20(29)25-22-24-19(26-27(17)22)13-6-10-16(31-2)11-7-13/h4-11,17H,3,12H2,1-2H3,(H,23,28)(H,24,25,26,29)/t17-/m1/s1. The molecule has 3 aromatic rings. The van der Waals surface area contributed by atoms with Gasteiger partial charge in [-0.3, -0.25) is 14.9 Å². The number of hydrogen-bond acceptors (Lipinski definition) is 7. The molecule has 0 bridgehead atoms. The molecule has 1 atom stereocenters. The van der Waals surface area contributed by atoms with Gasteiger partial charge in [0.15, 0.2) is 5.82 Å². The number of methoxy groups -OCH3 is 1. The van der Waals surface area contributed by atoms with Gasteiger partial charge in [-0.25, -0.2) is 9.48 Å². The third-order valence-corrected chi connectivity index (χ3v) is 4.87. The molecule has 32 heavy (non-hydrogen) atoms. The van der Waals surface area contributed by atoms with Gasteiger partial charge < -0.3 is 14.8 Å². The maximum absolute atomic E-state index is 12.5. The number of hydrogen-bond donors (Lipinski definition) is 2. The average Bonchev–Trinajstić information content (AvgIpc) is 3.33. The van der Waals surface area contributed by atoms with Crippen molar-refractivity contribution in [1.29, 1.82) is 0 Å². The van der Waals surface area contributed by atoms with Gasteiger partial charge in [0, 0.05) is 11.3 Å². The zero-order valence-corrected chi connectivity index (χ0v) is 17.5. The average molecular weight is 435 g/mol. The molecular formula is C22H21N5O5. The van der Waals surface area contributed by atoms with Crippen molar-refractivity contribution in [1.82, 2.24) is 14.8 Å². The fourth-order valence-corrected chi connectivity index (χ4v) is 3.26. The van der Waals surface area contributed by atoms with Crippen molar-refractivity contribution in [2.24, 2.45) is 0 Å². The van der Waals surface area contributed by atoms with Gasteiger partial charge in [-0.05, 0) is 55.5 Å². The number of fused-ring (bicyclic) bond motifs is 1. The van der Waals surface area contributed by atoms with Crippen LogP contribution in [0, 0.1) is 0 Å². The number of esters is 1. The number of rotatable bonds is 7. The lowest BCUT2D eigenvalue weighted by Crippen LogP contribution is -2.23. The van der Waals surface area contributed by atoms with E-state index in [1.54, 1.807) is 50.4 Å². The van der Waals surface area contributed by atoms with Crippen LogP contribution in [-0.2, 0) is 14.3 Å². The molecule has 0 radical (unpaired) electrons. The molecule has 0 saturated heterocycles. The van der Waals surface area contributed by atoms with E-state index in [9.17, 15) is 14.4 Å². The lowest BCUT2D eigenvalue weighted by atomic mass is 10.1. The van der Waals surface area contributed by atoms with Crippen molar-refractivity contribution in [3.05, 3.63) is 54.1 Å². The SMILES string of the molecule is CCOC(=O)c1ccc(NC(=O)C[C@@H]2C(=O)Nc3nc(-c4ccc(OC)cc4)nn32)cc1. The topological polar surface area (TPSA) is 124 Å². The molecule has 0 spiro atoms. The van der Waals surface area contributed by atoms with Crippen molar-refractivity contribution < 1.29 is 23.9 Å². The Morgan fingerprint density at radius 3 is 2.50 bits per heavy atom. The fraction of sp³-hybridized carbons (Fsp3) is 0.227. The Morgan fingerprint density at radius 1 is 1.12 bits per heavy atom. The van der Waals surface area contributed by atoms with E-state index >= 15 is 0 Å². The van der Waals surface area contributed by atoms with Gasteiger partial charge in [0.05, 0.1) is 25.7 Å². The Bertz CT molecular complexity index is 1150. The van der Waals surface area contributed by atoms with E-state index in [4.69, 9.17) is 9.47 Å². The van der Waals surface area contributed by atoms with Crippen LogP contribution in [0.3, 0.4) is 0 Å². The first kappa shape index (κ1) is 21.0. The first-order valence-electron chi connectivity index (χ1n) is 9.97. The van der Waals surface area contributed by atoms with Crippen molar-refractivity contribution in [3.8, 4) is 17.1 Å². The van der Waals surface area contributed by atoms with Crippen molar-refractivity contribution >= 4 is 29.4 Å². The normalized spacial score (nSPS) is 14.4. The first-order valence-corrected chi connectivity index (χ1v) is 9.97. The molecule has 10 nitrogen and oxygen atoms in total. The molecule has 0 saturated carbocycles. The monoisotopic (exact) mass is 435 g/mol. The van der Waals surface area contributed by atoms with Crippen LogP contribution in [0.5, 0.6) is 5.75 Å². The van der Waals surface area contributed by atoms with Crippen molar-refractivity contribution in [3.63, 3.8) is 0 Å². The van der Waals surface area contributed by atoms with E-state index in [0.717, 1.165) is 5.56 Å². The van der Waals surface area contributed by atoms with E-state index in [1.807, 2.05) is 12.1 Å². The number of aromatic nitrogens is 3. The van der Waals surface area contributed by atoms with Crippen LogP contribution in [0.1, 0.15) is 29.7 Å². The molecule has 0 unspecified atom stereocenters. The van der Waals surface area contributed by atoms with Gasteiger partial charge in [0.2, 0.25) is 11.9 Å². The third-order valence-electron chi connectivity index (χ3n) is 4.87. The molecule has 1 aliphatic heterocycles. The van der Waals surface area contributed by atoms with Crippen molar-refractivity contribution in [2.45, 2.75) is 19.4 Å². The minimum absolute atomic E-state index is 0.121. The van der Waals surface area contributed by atoms with Crippen molar-refractivity contribution in [2.75, 3.05) is 24.4 Å². The van der Waals surface area contributed by atoms with E-state index in [-0.39, 0.29) is 30.8 Å². The minimum atomic E-state index is -0.816. The summed E-state index contributed by atoms with van der Waals surface area (Å²) in [6.07, 6.45) is -0.121. The van der Waals surface area contributed by atoms with Gasteiger partial charge in [-0.15, -0.1) is 5.10 Å². The zero-order chi connectivity index (χ0) is 22.7. The van der Waals surface area contributed by atoms with Crippen LogP contribution < -0.4 is 15.4 Å². The highest BCUT2D eigenvalue weighted by Gasteiger charge is 2.35. The highest BCUT2D eigenvalue weighted by Crippen LogP contribution is 2.29. The highest BCUT2D eigenvalue weighted by molar-refractivity contribution is 6.01. The van der Waals surface area contributed by atoms with Gasteiger partial charge in [-0.2, -0.15) is 4.98 Å². The zero-order valence-electron chi connectivity index (χ0n) is 17.5. The van der Waals surface area contributed by atoms with Gasteiger partial charge >= 0.3 is 5.97 Å². The molecular weight excluding hydrogens is 414 g/mol. The highest BCUT2D eigenvalue weighted by atomic mass is 16.5. The second-order valence-electron chi connectivity index (χ2n) is 6.99. The maximum Gasteiger partial charge on any atom is 0.338 e. The molecule has 10 heteroatoms. The summed E-state index contributed by atoms with van der Waals surface area (Å²) in [6, 6.07) is 12.7. The second-order valence-corrected chi connectivity index (χ2v) is 6.99. The number of benzene rings is 2. The van der Waals surface area contributed by atoms with E-state index in [0.29, 0.717) is 22.8 Å². The fourth-order valence-electron chi connectivity index (χ4n) is 3.26. The molecule has 2 amide bonds. The van der Waals surface area contributed by atoms with Gasteiger partial charge in [0.1, 0.15) is 11.8 Å². The molecule has 164 valence electrons. The number of carbonyl (C=O) groups is 3. The number of anilines is 2. The molecule has 1 aliphatic rings. The Hall–Kier alpha value is -4.21. The number of ether oxygens (including phenoxy) is 2. The van der Waals surface area contributed by atoms with E-state index in [1.165, 1.54) is 4.68 Å². The van der Waals surface area contributed by atoms with E-state index in [2.05, 4.69) is 20.7 Å². The lowest BCUT2D eigenvalue weighted by Gasteiger charge is -2.10. The van der Waals surface area contributed by atoms with Crippen LogP contribution in [0.2, 0.25) is 0 Å². The third kappa shape index (κ3) is 4.29. The summed E-state index contributed by atoms with van der Waals surface area (Å²) in [5.74, 6) is 0.274. The molecule has 2 heterocycles. The Labute approximate surface area is 183 Å². The second kappa shape index (κ2) is 8.88. The van der Waals surface area contributed by atoms with Crippen LogP contribution in [0.25, 0.3) is 11.4 Å². The molecule has 2 N–H and O–H groups in total. The number of carbonyl (C=O) groups excluding carboxylic acids is 3. The van der Waals surface area contributed by atoms with Crippen LogP contribution in [0.15, 0.2) is 48.5 Å². The van der Waals surface area contributed by atoms with Gasteiger partial charge in [0.25, 0.3) is 5.91 Å². The predicted molar refractivity (Wildman–Crippen MR) is 115 cm³/mol. The quantitative estimate of drug-likeness (QED) is 0.547. The van der Waals surface area contributed by atoms with Gasteiger partial charge in [-0.1, -0.05) is 0 Å². The summed E-state index contributed by atoms with van der Waals surface area (Å²) in [7, 11) is 1.58. The minimum Gasteiger partial charge on any atom is -0.497 e. The number of amides is 2. The molecule has 0 aliphatic carbocycles. The largest absolute Gasteiger partial charge is 0.497 e. The summed E-state index contributed by atoms with van der Waals surface area (Å²) in [5, 5.41) is 9.79. The van der Waals surface area contributed by atoms with E-state index < -0.39 is 12.0 Å². The van der Waals surface area contributed by atoms with Crippen LogP contribution >= 0.6 is 0 Å². The Kier molecular flexibility index (Phi) is 5.84. The molecule has 4 rings (SSSR count). The summed E-state index contributed by atoms with van der Waals surface area (Å²) in [6.45, 7) is 2.01. The Morgan fingerprint density at radius 2 is 1.84 bits per heavy atom. The number of nitrogens with zero attached hydrogens (tertiary/aromatic N) is 3. The molecule has 0 fully saturated rings. The van der Waals surface area contributed by atoms with Crippen LogP contribution in [-0.4, -0.2) is 46.3 Å².